The second-order valence-electron chi connectivity index (χ2n) is 5.81. The largest absolute Gasteiger partial charge is 0.455 e. The Morgan fingerprint density at radius 3 is 2.76 bits per heavy atom. The van der Waals surface area contributed by atoms with Gasteiger partial charge in [-0.05, 0) is 25.0 Å². The molecular weight excluding hydrogens is 334 g/mol. The third-order valence-corrected chi connectivity index (χ3v) is 3.96. The zero-order chi connectivity index (χ0) is 18.4. The molecule has 6 nitrogen and oxygen atoms in total. The number of rotatable bonds is 5. The lowest BCUT2D eigenvalue weighted by Gasteiger charge is -2.31. The van der Waals surface area contributed by atoms with Gasteiger partial charge in [-0.2, -0.15) is 0 Å². The van der Waals surface area contributed by atoms with Crippen LogP contribution in [-0.4, -0.2) is 42.4 Å². The first-order valence-electron chi connectivity index (χ1n) is 8.10. The van der Waals surface area contributed by atoms with Gasteiger partial charge in [0.15, 0.2) is 6.61 Å². The summed E-state index contributed by atoms with van der Waals surface area (Å²) < 4.78 is 31.2. The number of benzene rings is 1. The molecule has 0 spiro atoms. The van der Waals surface area contributed by atoms with Gasteiger partial charge < -0.3 is 15.0 Å². The first-order valence-corrected chi connectivity index (χ1v) is 8.10. The Kier molecular flexibility index (Phi) is 6.44. The van der Waals surface area contributed by atoms with E-state index in [1.54, 1.807) is 11.8 Å². The number of nitrogens with zero attached hydrogens (tertiary/aromatic N) is 1. The Balaban J connectivity index is 1.82. The van der Waals surface area contributed by atoms with E-state index in [4.69, 9.17) is 4.74 Å². The van der Waals surface area contributed by atoms with Gasteiger partial charge in [0.05, 0.1) is 11.6 Å². The molecule has 0 saturated carbocycles. The average Bonchev–Trinajstić information content (AvgIpc) is 2.61. The van der Waals surface area contributed by atoms with E-state index in [1.165, 1.54) is 0 Å². The lowest BCUT2D eigenvalue weighted by Crippen LogP contribution is -2.42. The molecule has 1 fully saturated rings. The molecule has 8 heteroatoms. The number of piperidine rings is 1. The summed E-state index contributed by atoms with van der Waals surface area (Å²) in [6, 6.07) is 2.73. The maximum atomic E-state index is 13.5. The third-order valence-electron chi connectivity index (χ3n) is 3.96. The molecule has 0 radical (unpaired) electrons. The van der Waals surface area contributed by atoms with Crippen LogP contribution in [0.1, 0.15) is 26.2 Å². The Morgan fingerprint density at radius 2 is 2.08 bits per heavy atom. The number of nitrogens with one attached hydrogen (secondary N) is 1. The molecular formula is C17H20F2N2O4. The van der Waals surface area contributed by atoms with Crippen molar-refractivity contribution in [2.45, 2.75) is 26.2 Å². The highest BCUT2D eigenvalue weighted by Crippen LogP contribution is 2.19. The lowest BCUT2D eigenvalue weighted by atomic mass is 9.98. The van der Waals surface area contributed by atoms with Crippen LogP contribution in [0.3, 0.4) is 0 Å². The van der Waals surface area contributed by atoms with Gasteiger partial charge in [-0.25, -0.2) is 8.78 Å². The van der Waals surface area contributed by atoms with E-state index in [0.717, 1.165) is 12.1 Å². The smallest absolute Gasteiger partial charge is 0.311 e. The van der Waals surface area contributed by atoms with Crippen LogP contribution in [0, 0.1) is 17.6 Å². The van der Waals surface area contributed by atoms with Crippen molar-refractivity contribution < 1.29 is 27.9 Å². The van der Waals surface area contributed by atoms with Crippen molar-refractivity contribution in [3.8, 4) is 0 Å². The van der Waals surface area contributed by atoms with Gasteiger partial charge in [0.2, 0.25) is 5.91 Å². The van der Waals surface area contributed by atoms with Gasteiger partial charge in [-0.1, -0.05) is 6.92 Å². The molecule has 1 aliphatic heterocycles. The summed E-state index contributed by atoms with van der Waals surface area (Å²) in [7, 11) is 0. The second-order valence-corrected chi connectivity index (χ2v) is 5.81. The summed E-state index contributed by atoms with van der Waals surface area (Å²) >= 11 is 0. The summed E-state index contributed by atoms with van der Waals surface area (Å²) in [5.41, 5.74) is -0.195. The standard InChI is InChI=1S/C17H20F2N2O4/c1-2-16(23)21-7-3-4-11(9-21)17(24)25-10-15(22)20-14-6-5-12(18)8-13(14)19/h5-6,8,11H,2-4,7,9-10H2,1H3,(H,20,22). The van der Waals surface area contributed by atoms with Crippen LogP contribution in [-0.2, 0) is 19.1 Å². The van der Waals surface area contributed by atoms with Crippen molar-refractivity contribution in [1.29, 1.82) is 0 Å². The number of ether oxygens (including phenoxy) is 1. The van der Waals surface area contributed by atoms with Crippen LogP contribution in [0.15, 0.2) is 18.2 Å². The normalized spacial score (nSPS) is 17.1. The van der Waals surface area contributed by atoms with E-state index in [0.29, 0.717) is 31.9 Å². The lowest BCUT2D eigenvalue weighted by molar-refractivity contribution is -0.154. The fourth-order valence-corrected chi connectivity index (χ4v) is 2.65. The van der Waals surface area contributed by atoms with Crippen LogP contribution in [0.5, 0.6) is 0 Å². The fraction of sp³-hybridized carbons (Fsp3) is 0.471. The SMILES string of the molecule is CCC(=O)N1CCCC(C(=O)OCC(=O)Nc2ccc(F)cc2F)C1. The molecule has 1 unspecified atom stereocenters. The average molecular weight is 354 g/mol. The molecule has 25 heavy (non-hydrogen) atoms. The molecule has 1 aromatic carbocycles. The number of esters is 1. The zero-order valence-corrected chi connectivity index (χ0v) is 13.9. The number of halogens is 2. The Labute approximate surface area is 144 Å². The van der Waals surface area contributed by atoms with Crippen LogP contribution < -0.4 is 5.32 Å². The van der Waals surface area contributed by atoms with Crippen LogP contribution in [0.25, 0.3) is 0 Å². The van der Waals surface area contributed by atoms with Gasteiger partial charge >= 0.3 is 5.97 Å². The molecule has 1 aliphatic rings. The minimum atomic E-state index is -0.916. The first kappa shape index (κ1) is 18.8. The minimum Gasteiger partial charge on any atom is -0.455 e. The maximum absolute atomic E-state index is 13.5. The van der Waals surface area contributed by atoms with Gasteiger partial charge in [0, 0.05) is 25.6 Å². The Hall–Kier alpha value is -2.51. The molecule has 2 rings (SSSR count). The monoisotopic (exact) mass is 354 g/mol. The van der Waals surface area contributed by atoms with E-state index in [-0.39, 0.29) is 18.1 Å². The van der Waals surface area contributed by atoms with E-state index >= 15 is 0 Å². The summed E-state index contributed by atoms with van der Waals surface area (Å²) in [4.78, 5) is 37.1. The van der Waals surface area contributed by atoms with E-state index in [1.807, 2.05) is 0 Å². The summed E-state index contributed by atoms with van der Waals surface area (Å²) in [5.74, 6) is -3.47. The predicted molar refractivity (Wildman–Crippen MR) is 85.5 cm³/mol. The maximum Gasteiger partial charge on any atom is 0.311 e. The molecule has 1 heterocycles. The number of amides is 2. The molecule has 0 bridgehead atoms. The number of carbonyl (C=O) groups is 3. The highest BCUT2D eigenvalue weighted by Gasteiger charge is 2.29. The predicted octanol–water partition coefficient (Wildman–Crippen LogP) is 2.10. The highest BCUT2D eigenvalue weighted by atomic mass is 19.1. The number of hydrogen-bond donors (Lipinski definition) is 1. The van der Waals surface area contributed by atoms with Gasteiger partial charge in [0.25, 0.3) is 5.91 Å². The van der Waals surface area contributed by atoms with E-state index in [2.05, 4.69) is 5.32 Å². The van der Waals surface area contributed by atoms with Crippen LogP contribution in [0.4, 0.5) is 14.5 Å². The van der Waals surface area contributed by atoms with Crippen molar-refractivity contribution in [2.75, 3.05) is 25.0 Å². The van der Waals surface area contributed by atoms with E-state index < -0.39 is 36.0 Å². The number of likely N-dealkylation sites (tertiary alicyclic amines) is 1. The Bertz CT molecular complexity index is 666. The quantitative estimate of drug-likeness (QED) is 0.822. The van der Waals surface area contributed by atoms with Crippen LogP contribution >= 0.6 is 0 Å². The zero-order valence-electron chi connectivity index (χ0n) is 13.9. The topological polar surface area (TPSA) is 75.7 Å². The van der Waals surface area contributed by atoms with E-state index in [9.17, 15) is 23.2 Å². The number of hydrogen-bond acceptors (Lipinski definition) is 4. The minimum absolute atomic E-state index is 0.0259. The molecule has 2 amide bonds. The van der Waals surface area contributed by atoms with Crippen molar-refractivity contribution in [3.63, 3.8) is 0 Å². The summed E-state index contributed by atoms with van der Waals surface area (Å²) in [6.45, 7) is 2.07. The molecule has 0 aliphatic carbocycles. The fourth-order valence-electron chi connectivity index (χ4n) is 2.65. The molecule has 1 N–H and O–H groups in total. The van der Waals surface area contributed by atoms with Gasteiger partial charge in [-0.3, -0.25) is 14.4 Å². The van der Waals surface area contributed by atoms with Gasteiger partial charge in [0.1, 0.15) is 11.6 Å². The third kappa shape index (κ3) is 5.23. The van der Waals surface area contributed by atoms with Crippen molar-refractivity contribution in [1.82, 2.24) is 4.90 Å². The summed E-state index contributed by atoms with van der Waals surface area (Å²) in [6.07, 6.45) is 1.65. The highest BCUT2D eigenvalue weighted by molar-refractivity contribution is 5.93. The number of anilines is 1. The van der Waals surface area contributed by atoms with Gasteiger partial charge in [-0.15, -0.1) is 0 Å². The van der Waals surface area contributed by atoms with Crippen molar-refractivity contribution >= 4 is 23.5 Å². The molecule has 0 aromatic heterocycles. The van der Waals surface area contributed by atoms with Crippen molar-refractivity contribution in [2.24, 2.45) is 5.92 Å². The van der Waals surface area contributed by atoms with Crippen molar-refractivity contribution in [3.05, 3.63) is 29.8 Å². The number of carbonyl (C=O) groups excluding carboxylic acids is 3. The molecule has 1 atom stereocenters. The van der Waals surface area contributed by atoms with Crippen LogP contribution in [0.2, 0.25) is 0 Å². The Morgan fingerprint density at radius 1 is 1.32 bits per heavy atom. The second kappa shape index (κ2) is 8.55. The molecule has 1 saturated heterocycles. The summed E-state index contributed by atoms with van der Waals surface area (Å²) in [5, 5.41) is 2.21. The molecule has 136 valence electrons. The first-order chi connectivity index (χ1) is 11.9. The molecule has 1 aromatic rings.